The Morgan fingerprint density at radius 3 is 1.25 bits per heavy atom. The fraction of sp³-hybridized carbons (Fsp3) is 0. The van der Waals surface area contributed by atoms with Gasteiger partial charge >= 0.3 is 36.9 Å². The van der Waals surface area contributed by atoms with Gasteiger partial charge in [0, 0.05) is 0 Å². The van der Waals surface area contributed by atoms with Crippen LogP contribution in [-0.4, -0.2) is 7.32 Å². The molecule has 0 atom stereocenters. The molecule has 0 bridgehead atoms. The summed E-state index contributed by atoms with van der Waals surface area (Å²) >= 11 is 0. The molecule has 0 aliphatic rings. The molecule has 0 fully saturated rings. The summed E-state index contributed by atoms with van der Waals surface area (Å²) in [6.45, 7) is 0. The van der Waals surface area contributed by atoms with Gasteiger partial charge in [0.15, 0.2) is 0 Å². The predicted octanol–water partition coefficient (Wildman–Crippen LogP) is -2.21. The van der Waals surface area contributed by atoms with Crippen molar-refractivity contribution in [2.45, 2.75) is 0 Å². The molecule has 0 rings (SSSR count). The monoisotopic (exact) mass is 140 g/mol. The van der Waals surface area contributed by atoms with Crippen LogP contribution in [0.3, 0.4) is 0 Å². The minimum absolute atomic E-state index is 0. The molecule has 0 heterocycles. The van der Waals surface area contributed by atoms with Crippen molar-refractivity contribution in [2.75, 3.05) is 0 Å². The first-order valence-electron chi connectivity index (χ1n) is 1.17. The summed E-state index contributed by atoms with van der Waals surface area (Å²) in [5, 5.41) is 0. The van der Waals surface area contributed by atoms with Crippen LogP contribution < -0.4 is 29.6 Å². The Balaban J connectivity index is -0.000000180. The Morgan fingerprint density at radius 1 is 1.00 bits per heavy atom. The van der Waals surface area contributed by atoms with E-state index >= 15 is 0 Å². The molecule has 0 aromatic heterocycles. The quantitative estimate of drug-likeness (QED) is 0.416. The van der Waals surface area contributed by atoms with Crippen LogP contribution in [0, 0.1) is 0 Å². The Bertz CT molecular complexity index is 40.5. The van der Waals surface area contributed by atoms with Gasteiger partial charge in [0.05, 0.1) is 0 Å². The molecule has 0 aromatic carbocycles. The van der Waals surface area contributed by atoms with Gasteiger partial charge in [-0.3, -0.25) is 0 Å². The van der Waals surface area contributed by atoms with Gasteiger partial charge in [0.25, 0.3) is 0 Å². The second-order valence-electron chi connectivity index (χ2n) is 0.556. The second-order valence-corrected chi connectivity index (χ2v) is 0.556. The van der Waals surface area contributed by atoms with Crippen LogP contribution in [0.2, 0.25) is 0 Å². The third-order valence-electron chi connectivity index (χ3n) is 0.218. The molecular weight excluding hydrogens is 139 g/mol. The van der Waals surface area contributed by atoms with Crippen LogP contribution in [0.25, 0.3) is 0 Å². The maximum absolute atomic E-state index is 10.4. The summed E-state index contributed by atoms with van der Waals surface area (Å²) < 4.78 is 31.3. The number of hydrogen-bond acceptors (Lipinski definition) is 3. The van der Waals surface area contributed by atoms with E-state index in [0.29, 0.717) is 0 Å². The third kappa shape index (κ3) is 4.88. The minimum Gasteiger partial charge on any atom is -1.00 e. The Morgan fingerprint density at radius 2 is 1.25 bits per heavy atom. The van der Waals surface area contributed by atoms with E-state index in [1.54, 1.807) is 0 Å². The van der Waals surface area contributed by atoms with Crippen molar-refractivity contribution < 1.29 is 59.1 Å². The average Bonchev–Trinajstić information content (AvgIpc) is 1.72. The van der Waals surface area contributed by atoms with Gasteiger partial charge in [-0.15, -0.1) is 0 Å². The van der Waals surface area contributed by atoms with Gasteiger partial charge in [-0.25, -0.2) is 0 Å². The summed E-state index contributed by atoms with van der Waals surface area (Å²) in [4.78, 5) is 7.06. The zero-order chi connectivity index (χ0) is 5.70. The molecule has 0 N–H and O–H groups in total. The third-order valence-corrected chi connectivity index (χ3v) is 0.218. The molecule has 8 heteroatoms. The van der Waals surface area contributed by atoms with E-state index in [2.05, 4.69) is 14.6 Å². The molecule has 8 heavy (non-hydrogen) atoms. The van der Waals surface area contributed by atoms with Crippen LogP contribution in [0.1, 0.15) is 1.43 Å². The Kier molecular flexibility index (Phi) is 11.1. The molecule has 0 spiro atoms. The molecule has 0 aliphatic heterocycles. The van der Waals surface area contributed by atoms with Gasteiger partial charge in [-0.2, -0.15) is 14.6 Å². The first kappa shape index (κ1) is 11.5. The molecular formula is HBF3NaO3. The second kappa shape index (κ2) is 7.73. The topological polar surface area (TPSA) is 27.7 Å². The zero-order valence-electron chi connectivity index (χ0n) is 4.94. The summed E-state index contributed by atoms with van der Waals surface area (Å²) in [7, 11) is -2.51. The van der Waals surface area contributed by atoms with Crippen molar-refractivity contribution in [3.63, 3.8) is 0 Å². The molecule has 44 valence electrons. The summed E-state index contributed by atoms with van der Waals surface area (Å²) in [5.74, 6) is 0. The first-order valence-corrected chi connectivity index (χ1v) is 1.17. The molecule has 0 aromatic rings. The molecule has 0 radical (unpaired) electrons. The van der Waals surface area contributed by atoms with Crippen LogP contribution in [0.4, 0.5) is 13.6 Å². The molecule has 0 amide bonds. The summed E-state index contributed by atoms with van der Waals surface area (Å²) in [5.41, 5.74) is 0. The molecule has 0 saturated heterocycles. The maximum Gasteiger partial charge on any atom is 1.00 e. The summed E-state index contributed by atoms with van der Waals surface area (Å²) in [6.07, 6.45) is 0. The molecule has 3 nitrogen and oxygen atoms in total. The van der Waals surface area contributed by atoms with Gasteiger partial charge in [0.2, 0.25) is 0 Å². The SMILES string of the molecule is FOB(OF)OF.[H-].[Na+]. The largest absolute Gasteiger partial charge is 1.00 e. The molecule has 0 saturated carbocycles. The maximum atomic E-state index is 10.4. The van der Waals surface area contributed by atoms with E-state index in [-0.39, 0.29) is 31.0 Å². The fourth-order valence-electron chi connectivity index (χ4n) is 0.0412. The fourth-order valence-corrected chi connectivity index (χ4v) is 0.0412. The normalized spacial score (nSPS) is 7.88. The Hall–Kier alpha value is 0.735. The van der Waals surface area contributed by atoms with E-state index in [0.717, 1.165) is 0 Å². The van der Waals surface area contributed by atoms with Crippen LogP contribution in [-0.2, 0) is 14.6 Å². The van der Waals surface area contributed by atoms with Crippen LogP contribution >= 0.6 is 0 Å². The zero-order valence-corrected chi connectivity index (χ0v) is 5.94. The van der Waals surface area contributed by atoms with Crippen molar-refractivity contribution >= 4 is 7.32 Å². The van der Waals surface area contributed by atoms with Gasteiger partial charge < -0.3 is 1.43 Å². The van der Waals surface area contributed by atoms with Crippen molar-refractivity contribution in [3.8, 4) is 0 Å². The van der Waals surface area contributed by atoms with Crippen LogP contribution in [0.15, 0.2) is 0 Å². The number of hydrogen-bond donors (Lipinski definition) is 0. The number of rotatable bonds is 3. The average molecular weight is 140 g/mol. The Labute approximate surface area is 66.7 Å². The predicted molar refractivity (Wildman–Crippen MR) is 13.4 cm³/mol. The molecule has 0 aliphatic carbocycles. The van der Waals surface area contributed by atoms with E-state index in [4.69, 9.17) is 0 Å². The first-order chi connectivity index (χ1) is 3.35. The minimum atomic E-state index is -2.51. The van der Waals surface area contributed by atoms with Crippen molar-refractivity contribution in [1.82, 2.24) is 0 Å². The van der Waals surface area contributed by atoms with Crippen molar-refractivity contribution in [1.29, 1.82) is 0 Å². The van der Waals surface area contributed by atoms with E-state index in [1.165, 1.54) is 0 Å². The van der Waals surface area contributed by atoms with Gasteiger partial charge in [0.1, 0.15) is 0 Å². The van der Waals surface area contributed by atoms with Crippen LogP contribution in [0.5, 0.6) is 0 Å². The standard InChI is InChI=1S/BF3O3.Na.H/c2-5-1(6-3)7-4;;/q;+1;-1. The van der Waals surface area contributed by atoms with Gasteiger partial charge in [-0.1, -0.05) is 13.6 Å². The van der Waals surface area contributed by atoms with Crippen molar-refractivity contribution in [2.24, 2.45) is 0 Å². The van der Waals surface area contributed by atoms with E-state index in [9.17, 15) is 13.6 Å². The van der Waals surface area contributed by atoms with E-state index < -0.39 is 7.32 Å². The smallest absolute Gasteiger partial charge is 1.00 e. The van der Waals surface area contributed by atoms with E-state index in [1.807, 2.05) is 0 Å². The van der Waals surface area contributed by atoms with Crippen molar-refractivity contribution in [3.05, 3.63) is 0 Å². The number of halogens is 3. The van der Waals surface area contributed by atoms with Gasteiger partial charge in [-0.05, 0) is 0 Å². The summed E-state index contributed by atoms with van der Waals surface area (Å²) in [6, 6.07) is 0. The molecule has 0 unspecified atom stereocenters.